The van der Waals surface area contributed by atoms with E-state index in [9.17, 15) is 18.0 Å². The summed E-state index contributed by atoms with van der Waals surface area (Å²) < 4.78 is 41.4. The molecule has 1 fully saturated rings. The second-order valence-electron chi connectivity index (χ2n) is 7.17. The maximum Gasteiger partial charge on any atom is 0.418 e. The zero-order valence-corrected chi connectivity index (χ0v) is 18.3. The van der Waals surface area contributed by atoms with Gasteiger partial charge in [-0.05, 0) is 43.2 Å². The van der Waals surface area contributed by atoms with Gasteiger partial charge in [0.2, 0.25) is 11.9 Å². The Morgan fingerprint density at radius 3 is 2.56 bits per heavy atom. The molecular formula is C21H19ClF3N5OS. The highest BCUT2D eigenvalue weighted by atomic mass is 35.5. The lowest BCUT2D eigenvalue weighted by Crippen LogP contribution is -2.22. The number of carbonyl (C=O) groups is 1. The fraction of sp³-hybridized carbons (Fsp3) is 0.286. The number of hydrogen-bond acceptors (Lipinski definition) is 5. The Morgan fingerprint density at radius 1 is 1.09 bits per heavy atom. The minimum absolute atomic E-state index is 0.134. The molecule has 1 N–H and O–H groups in total. The van der Waals surface area contributed by atoms with Gasteiger partial charge in [-0.3, -0.25) is 9.36 Å². The van der Waals surface area contributed by atoms with Crippen LogP contribution < -0.4 is 10.2 Å². The molecule has 1 aliphatic rings. The molecule has 2 aromatic carbocycles. The molecule has 0 radical (unpaired) electrons. The summed E-state index contributed by atoms with van der Waals surface area (Å²) in [5.74, 6) is -0.0598. The molecule has 11 heteroatoms. The van der Waals surface area contributed by atoms with Gasteiger partial charge in [-0.2, -0.15) is 13.2 Å². The van der Waals surface area contributed by atoms with E-state index in [1.165, 1.54) is 18.2 Å². The van der Waals surface area contributed by atoms with E-state index < -0.39 is 17.6 Å². The summed E-state index contributed by atoms with van der Waals surface area (Å²) in [4.78, 5) is 14.6. The first-order chi connectivity index (χ1) is 15.3. The third-order valence-electron chi connectivity index (χ3n) is 4.91. The lowest BCUT2D eigenvalue weighted by Gasteiger charge is -2.18. The molecule has 6 nitrogen and oxygen atoms in total. The number of carbonyl (C=O) groups excluding carboxylic acids is 1. The van der Waals surface area contributed by atoms with Crippen molar-refractivity contribution in [1.82, 2.24) is 14.8 Å². The van der Waals surface area contributed by atoms with Crippen molar-refractivity contribution in [3.63, 3.8) is 0 Å². The summed E-state index contributed by atoms with van der Waals surface area (Å²) in [7, 11) is 0. The zero-order chi connectivity index (χ0) is 22.7. The molecule has 4 rings (SSSR count). The van der Waals surface area contributed by atoms with E-state index in [-0.39, 0.29) is 11.4 Å². The molecule has 0 aliphatic carbocycles. The number of anilines is 2. The molecule has 0 unspecified atom stereocenters. The van der Waals surface area contributed by atoms with Crippen molar-refractivity contribution in [3.8, 4) is 5.69 Å². The molecule has 32 heavy (non-hydrogen) atoms. The Hall–Kier alpha value is -2.72. The van der Waals surface area contributed by atoms with Crippen LogP contribution in [0.3, 0.4) is 0 Å². The van der Waals surface area contributed by atoms with Crippen LogP contribution in [0, 0.1) is 0 Å². The van der Waals surface area contributed by atoms with Crippen molar-refractivity contribution in [2.24, 2.45) is 0 Å². The summed E-state index contributed by atoms with van der Waals surface area (Å²) >= 11 is 7.26. The van der Waals surface area contributed by atoms with E-state index >= 15 is 0 Å². The van der Waals surface area contributed by atoms with E-state index in [0.717, 1.165) is 49.4 Å². The van der Waals surface area contributed by atoms with Crippen LogP contribution in [0.5, 0.6) is 0 Å². The van der Waals surface area contributed by atoms with Gasteiger partial charge in [-0.25, -0.2) is 0 Å². The van der Waals surface area contributed by atoms with Crippen molar-refractivity contribution in [2.45, 2.75) is 24.2 Å². The zero-order valence-electron chi connectivity index (χ0n) is 16.8. The Kier molecular flexibility index (Phi) is 6.61. The molecule has 1 saturated heterocycles. The highest BCUT2D eigenvalue weighted by Crippen LogP contribution is 2.35. The molecule has 0 spiro atoms. The summed E-state index contributed by atoms with van der Waals surface area (Å²) in [6, 6.07) is 12.1. The Balaban J connectivity index is 1.54. The van der Waals surface area contributed by atoms with Crippen LogP contribution >= 0.6 is 23.4 Å². The Labute approximate surface area is 191 Å². The highest BCUT2D eigenvalue weighted by Gasteiger charge is 2.33. The van der Waals surface area contributed by atoms with Crippen LogP contribution in [0.1, 0.15) is 18.4 Å². The van der Waals surface area contributed by atoms with Gasteiger partial charge in [0.1, 0.15) is 0 Å². The number of hydrogen-bond donors (Lipinski definition) is 1. The largest absolute Gasteiger partial charge is 0.418 e. The normalized spacial score (nSPS) is 14.1. The summed E-state index contributed by atoms with van der Waals surface area (Å²) in [5.41, 5.74) is -0.425. The Bertz CT molecular complexity index is 1110. The lowest BCUT2D eigenvalue weighted by molar-refractivity contribution is -0.137. The monoisotopic (exact) mass is 481 g/mol. The molecule has 3 aromatic rings. The fourth-order valence-electron chi connectivity index (χ4n) is 3.47. The smallest absolute Gasteiger partial charge is 0.341 e. The maximum atomic E-state index is 13.2. The van der Waals surface area contributed by atoms with E-state index in [1.54, 1.807) is 18.2 Å². The van der Waals surface area contributed by atoms with Crippen molar-refractivity contribution in [3.05, 3.63) is 59.1 Å². The number of nitrogens with one attached hydrogen (secondary N) is 1. The van der Waals surface area contributed by atoms with Gasteiger partial charge >= 0.3 is 6.18 Å². The molecule has 0 bridgehead atoms. The molecule has 1 aromatic heterocycles. The maximum absolute atomic E-state index is 13.2. The molecule has 168 valence electrons. The van der Waals surface area contributed by atoms with Gasteiger partial charge in [0.15, 0.2) is 5.16 Å². The number of thioether (sulfide) groups is 1. The van der Waals surface area contributed by atoms with E-state index in [4.69, 9.17) is 11.6 Å². The number of nitrogens with zero attached hydrogens (tertiary/aromatic N) is 4. The third kappa shape index (κ3) is 5.02. The summed E-state index contributed by atoms with van der Waals surface area (Å²) in [6.45, 7) is 1.69. The number of rotatable bonds is 6. The first-order valence-electron chi connectivity index (χ1n) is 9.88. The predicted molar refractivity (Wildman–Crippen MR) is 119 cm³/mol. The molecular weight excluding hydrogens is 463 g/mol. The molecule has 0 saturated carbocycles. The number of benzene rings is 2. The van der Waals surface area contributed by atoms with Crippen LogP contribution in [0.4, 0.5) is 24.8 Å². The average Bonchev–Trinajstić information content (AvgIpc) is 3.41. The SMILES string of the molecule is O=C(CSc1nnc(N2CCCC2)n1-c1cccc(Cl)c1)Nc1ccccc1C(F)(F)F. The van der Waals surface area contributed by atoms with Crippen LogP contribution in [-0.4, -0.2) is 39.5 Å². The van der Waals surface area contributed by atoms with Crippen molar-refractivity contribution in [2.75, 3.05) is 29.1 Å². The van der Waals surface area contributed by atoms with Gasteiger partial charge in [-0.15, -0.1) is 10.2 Å². The van der Waals surface area contributed by atoms with E-state index in [0.29, 0.717) is 16.1 Å². The molecule has 2 heterocycles. The quantitative estimate of drug-likeness (QED) is 0.486. The number of amides is 1. The average molecular weight is 482 g/mol. The fourth-order valence-corrected chi connectivity index (χ4v) is 4.41. The summed E-state index contributed by atoms with van der Waals surface area (Å²) in [5, 5.41) is 11.9. The highest BCUT2D eigenvalue weighted by molar-refractivity contribution is 7.99. The Morgan fingerprint density at radius 2 is 1.84 bits per heavy atom. The van der Waals surface area contributed by atoms with E-state index in [1.807, 2.05) is 10.6 Å². The number of para-hydroxylation sites is 1. The minimum atomic E-state index is -4.56. The topological polar surface area (TPSA) is 63.1 Å². The van der Waals surface area contributed by atoms with Crippen molar-refractivity contribution in [1.29, 1.82) is 0 Å². The predicted octanol–water partition coefficient (Wildman–Crippen LogP) is 5.27. The number of halogens is 4. The second kappa shape index (κ2) is 9.41. The van der Waals surface area contributed by atoms with Gasteiger partial charge in [0, 0.05) is 18.1 Å². The van der Waals surface area contributed by atoms with E-state index in [2.05, 4.69) is 20.4 Å². The second-order valence-corrected chi connectivity index (χ2v) is 8.55. The minimum Gasteiger partial charge on any atom is -0.341 e. The van der Waals surface area contributed by atoms with Crippen LogP contribution in [0.25, 0.3) is 5.69 Å². The lowest BCUT2D eigenvalue weighted by atomic mass is 10.1. The van der Waals surface area contributed by atoms with Gasteiger partial charge in [-0.1, -0.05) is 41.6 Å². The standard InChI is InChI=1S/C21H19ClF3N5OS/c22-14-6-5-7-15(12-14)30-19(29-10-3-4-11-29)27-28-20(30)32-13-18(31)26-17-9-2-1-8-16(17)21(23,24)25/h1-2,5-9,12H,3-4,10-11,13H2,(H,26,31). The van der Waals surface area contributed by atoms with Crippen LogP contribution in [0.15, 0.2) is 53.7 Å². The van der Waals surface area contributed by atoms with Gasteiger partial charge in [0.25, 0.3) is 0 Å². The van der Waals surface area contributed by atoms with Gasteiger partial charge in [0.05, 0.1) is 22.7 Å². The first kappa shape index (κ1) is 22.5. The molecule has 1 aliphatic heterocycles. The molecule has 0 atom stereocenters. The molecule has 1 amide bonds. The van der Waals surface area contributed by atoms with Crippen LogP contribution in [0.2, 0.25) is 5.02 Å². The third-order valence-corrected chi connectivity index (χ3v) is 6.07. The number of aromatic nitrogens is 3. The van der Waals surface area contributed by atoms with Crippen molar-refractivity contribution >= 4 is 40.9 Å². The summed E-state index contributed by atoms with van der Waals surface area (Å²) in [6.07, 6.45) is -2.47. The van der Waals surface area contributed by atoms with Crippen LogP contribution in [-0.2, 0) is 11.0 Å². The van der Waals surface area contributed by atoms with Crippen molar-refractivity contribution < 1.29 is 18.0 Å². The first-order valence-corrected chi connectivity index (χ1v) is 11.2. The van der Waals surface area contributed by atoms with Gasteiger partial charge < -0.3 is 10.2 Å². The number of alkyl halides is 3.